The minimum Gasteiger partial charge on any atom is -0.507 e. The molecule has 1 fully saturated rings. The number of carbonyl (C=O) groups excluding carboxylic acids is 2. The molecule has 1 unspecified atom stereocenters. The Morgan fingerprint density at radius 3 is 2.03 bits per heavy atom. The molecule has 1 atom stereocenters. The number of anilines is 2. The molecule has 0 bridgehead atoms. The van der Waals surface area contributed by atoms with E-state index in [1.807, 2.05) is 54.6 Å². The normalized spacial score (nSPS) is 17.3. The van der Waals surface area contributed by atoms with Gasteiger partial charge in [-0.25, -0.2) is 0 Å². The molecule has 35 heavy (non-hydrogen) atoms. The summed E-state index contributed by atoms with van der Waals surface area (Å²) >= 11 is 0. The minimum atomic E-state index is -0.731. The number of benzene rings is 3. The highest BCUT2D eigenvalue weighted by Gasteiger charge is 2.47. The fourth-order valence-electron chi connectivity index (χ4n) is 4.64. The molecule has 5 heteroatoms. The maximum Gasteiger partial charge on any atom is 0.300 e. The Balaban J connectivity index is 1.87. The fourth-order valence-corrected chi connectivity index (χ4v) is 4.64. The minimum absolute atomic E-state index is 0.102. The predicted molar refractivity (Wildman–Crippen MR) is 142 cm³/mol. The number of aliphatic hydroxyl groups is 1. The number of Topliss-reactive ketones (excluding diaryl/α,β-unsaturated/α-hetero) is 1. The molecule has 0 aromatic heterocycles. The van der Waals surface area contributed by atoms with E-state index in [1.165, 1.54) is 4.90 Å². The van der Waals surface area contributed by atoms with Crippen LogP contribution in [0.25, 0.3) is 5.76 Å². The number of hydrogen-bond acceptors (Lipinski definition) is 4. The maximum absolute atomic E-state index is 13.3. The molecule has 1 amide bonds. The standard InChI is InChI=1S/C30H32N2O3/c1-5-31(6-2)24-16-14-22(15-17-24)27-26(28(33)23-10-8-7-9-11-23)29(34)30(35)32(27)25-18-12-21(13-19-25)20(3)4/h7-20,27,33H,5-6H2,1-4H3/b28-26-. The van der Waals surface area contributed by atoms with Gasteiger partial charge >= 0.3 is 0 Å². The van der Waals surface area contributed by atoms with E-state index in [4.69, 9.17) is 0 Å². The first-order valence-electron chi connectivity index (χ1n) is 12.2. The predicted octanol–water partition coefficient (Wildman–Crippen LogP) is 6.28. The molecule has 4 rings (SSSR count). The van der Waals surface area contributed by atoms with Crippen molar-refractivity contribution in [3.8, 4) is 0 Å². The van der Waals surface area contributed by atoms with Gasteiger partial charge in [0.2, 0.25) is 0 Å². The van der Waals surface area contributed by atoms with Gasteiger partial charge in [0.1, 0.15) is 5.76 Å². The van der Waals surface area contributed by atoms with E-state index in [2.05, 4.69) is 32.6 Å². The Labute approximate surface area is 207 Å². The zero-order chi connectivity index (χ0) is 25.1. The first-order chi connectivity index (χ1) is 16.9. The molecular weight excluding hydrogens is 436 g/mol. The van der Waals surface area contributed by atoms with Gasteiger partial charge in [-0.05, 0) is 55.2 Å². The Bertz CT molecular complexity index is 1220. The van der Waals surface area contributed by atoms with Crippen LogP contribution >= 0.6 is 0 Å². The third-order valence-corrected chi connectivity index (χ3v) is 6.67. The zero-order valence-electron chi connectivity index (χ0n) is 20.7. The van der Waals surface area contributed by atoms with Gasteiger partial charge in [-0.3, -0.25) is 14.5 Å². The first-order valence-corrected chi connectivity index (χ1v) is 12.2. The van der Waals surface area contributed by atoms with Crippen LogP contribution < -0.4 is 9.80 Å². The maximum atomic E-state index is 13.3. The molecule has 0 saturated carbocycles. The topological polar surface area (TPSA) is 60.9 Å². The Morgan fingerprint density at radius 1 is 0.886 bits per heavy atom. The first kappa shape index (κ1) is 24.3. The molecule has 0 aliphatic carbocycles. The molecule has 3 aromatic carbocycles. The molecule has 0 radical (unpaired) electrons. The SMILES string of the molecule is CCN(CC)c1ccc(C2/C(=C(/O)c3ccccc3)C(=O)C(=O)N2c2ccc(C(C)C)cc2)cc1. The lowest BCUT2D eigenvalue weighted by molar-refractivity contribution is -0.132. The van der Waals surface area contributed by atoms with Crippen LogP contribution in [0.1, 0.15) is 56.3 Å². The van der Waals surface area contributed by atoms with Gasteiger partial charge in [0.25, 0.3) is 11.7 Å². The van der Waals surface area contributed by atoms with Gasteiger partial charge in [0.15, 0.2) is 0 Å². The third-order valence-electron chi connectivity index (χ3n) is 6.67. The molecule has 1 aliphatic rings. The lowest BCUT2D eigenvalue weighted by atomic mass is 9.94. The monoisotopic (exact) mass is 468 g/mol. The van der Waals surface area contributed by atoms with Crippen LogP contribution in [0.2, 0.25) is 0 Å². The van der Waals surface area contributed by atoms with Crippen molar-refractivity contribution in [2.75, 3.05) is 22.9 Å². The summed E-state index contributed by atoms with van der Waals surface area (Å²) < 4.78 is 0. The molecule has 1 heterocycles. The largest absolute Gasteiger partial charge is 0.507 e. The molecule has 5 nitrogen and oxygen atoms in total. The van der Waals surface area contributed by atoms with Crippen molar-refractivity contribution in [3.63, 3.8) is 0 Å². The molecule has 3 aromatic rings. The third kappa shape index (κ3) is 4.59. The second-order valence-electron chi connectivity index (χ2n) is 9.05. The second kappa shape index (κ2) is 10.2. The van der Waals surface area contributed by atoms with Crippen molar-refractivity contribution in [1.82, 2.24) is 0 Å². The van der Waals surface area contributed by atoms with E-state index in [1.54, 1.807) is 24.3 Å². The average Bonchev–Trinajstić information content (AvgIpc) is 3.15. The summed E-state index contributed by atoms with van der Waals surface area (Å²) in [6.45, 7) is 10.2. The number of nitrogens with zero attached hydrogens (tertiary/aromatic N) is 2. The molecule has 1 saturated heterocycles. The summed E-state index contributed by atoms with van der Waals surface area (Å²) in [5.41, 5.74) is 4.22. The quantitative estimate of drug-likeness (QED) is 0.252. The fraction of sp³-hybridized carbons (Fsp3) is 0.267. The van der Waals surface area contributed by atoms with Gasteiger partial charge in [0, 0.05) is 30.0 Å². The smallest absolute Gasteiger partial charge is 0.300 e. The van der Waals surface area contributed by atoms with Crippen LogP contribution in [0, 0.1) is 0 Å². The van der Waals surface area contributed by atoms with Gasteiger partial charge in [-0.15, -0.1) is 0 Å². The second-order valence-corrected chi connectivity index (χ2v) is 9.05. The Hall–Kier alpha value is -3.86. The Kier molecular flexibility index (Phi) is 7.06. The highest BCUT2D eigenvalue weighted by atomic mass is 16.3. The van der Waals surface area contributed by atoms with Crippen molar-refractivity contribution in [1.29, 1.82) is 0 Å². The van der Waals surface area contributed by atoms with Crippen molar-refractivity contribution in [2.24, 2.45) is 0 Å². The van der Waals surface area contributed by atoms with E-state index in [0.29, 0.717) is 17.2 Å². The summed E-state index contributed by atoms with van der Waals surface area (Å²) in [6, 6.07) is 23.8. The van der Waals surface area contributed by atoms with Crippen molar-refractivity contribution >= 4 is 28.8 Å². The van der Waals surface area contributed by atoms with Gasteiger partial charge < -0.3 is 10.0 Å². The number of amides is 1. The zero-order valence-corrected chi connectivity index (χ0v) is 20.7. The van der Waals surface area contributed by atoms with Gasteiger partial charge in [0.05, 0.1) is 11.6 Å². The number of carbonyl (C=O) groups is 2. The number of ketones is 1. The number of hydrogen-bond donors (Lipinski definition) is 1. The van der Waals surface area contributed by atoms with E-state index in [0.717, 1.165) is 29.9 Å². The summed E-state index contributed by atoms with van der Waals surface area (Å²) in [6.07, 6.45) is 0. The highest BCUT2D eigenvalue weighted by Crippen LogP contribution is 2.42. The molecule has 1 N–H and O–H groups in total. The van der Waals surface area contributed by atoms with Crippen LogP contribution in [0.15, 0.2) is 84.4 Å². The van der Waals surface area contributed by atoms with E-state index in [-0.39, 0.29) is 11.3 Å². The van der Waals surface area contributed by atoms with E-state index >= 15 is 0 Å². The summed E-state index contributed by atoms with van der Waals surface area (Å²) in [5.74, 6) is -1.14. The highest BCUT2D eigenvalue weighted by molar-refractivity contribution is 6.51. The molecular formula is C30H32N2O3. The summed E-state index contributed by atoms with van der Waals surface area (Å²) in [4.78, 5) is 30.4. The molecule has 180 valence electrons. The van der Waals surface area contributed by atoms with E-state index in [9.17, 15) is 14.7 Å². The van der Waals surface area contributed by atoms with Gasteiger partial charge in [-0.1, -0.05) is 68.4 Å². The van der Waals surface area contributed by atoms with Crippen molar-refractivity contribution < 1.29 is 14.7 Å². The average molecular weight is 469 g/mol. The van der Waals surface area contributed by atoms with Gasteiger partial charge in [-0.2, -0.15) is 0 Å². The summed E-state index contributed by atoms with van der Waals surface area (Å²) in [5, 5.41) is 11.2. The van der Waals surface area contributed by atoms with Crippen LogP contribution in [0.4, 0.5) is 11.4 Å². The lowest BCUT2D eigenvalue weighted by Gasteiger charge is -2.27. The number of rotatable bonds is 7. The van der Waals surface area contributed by atoms with E-state index < -0.39 is 17.7 Å². The molecule has 0 spiro atoms. The molecule has 1 aliphatic heterocycles. The van der Waals surface area contributed by atoms with Crippen LogP contribution in [-0.4, -0.2) is 29.9 Å². The lowest BCUT2D eigenvalue weighted by Crippen LogP contribution is -2.29. The van der Waals surface area contributed by atoms with Crippen molar-refractivity contribution in [2.45, 2.75) is 39.7 Å². The number of aliphatic hydroxyl groups excluding tert-OH is 1. The van der Waals surface area contributed by atoms with Crippen LogP contribution in [0.3, 0.4) is 0 Å². The van der Waals surface area contributed by atoms with Crippen LogP contribution in [0.5, 0.6) is 0 Å². The van der Waals surface area contributed by atoms with Crippen LogP contribution in [-0.2, 0) is 9.59 Å². The Morgan fingerprint density at radius 2 is 1.49 bits per heavy atom. The summed E-state index contributed by atoms with van der Waals surface area (Å²) in [7, 11) is 0. The van der Waals surface area contributed by atoms with Crippen molar-refractivity contribution in [3.05, 3.63) is 101 Å².